The van der Waals surface area contributed by atoms with Crippen LogP contribution >= 0.6 is 12.4 Å². The van der Waals surface area contributed by atoms with Crippen molar-refractivity contribution in [2.45, 2.75) is 25.7 Å². The molecule has 2 N–H and O–H groups in total. The molecule has 0 unspecified atom stereocenters. The number of benzene rings is 1. The molecule has 24 heavy (non-hydrogen) atoms. The third kappa shape index (κ3) is 4.48. The number of rotatable bonds is 3. The Hall–Kier alpha value is -1.59. The van der Waals surface area contributed by atoms with E-state index in [1.54, 1.807) is 12.1 Å². The first-order chi connectivity index (χ1) is 11.2. The second kappa shape index (κ2) is 8.49. The SMILES string of the molecule is Cl.O=C(NCC(=O)N1CCC2(CCNCC2)CC1)c1ccccc1. The Balaban J connectivity index is 0.00000208. The Morgan fingerprint density at radius 3 is 2.29 bits per heavy atom. The van der Waals surface area contributed by atoms with Crippen LogP contribution in [-0.4, -0.2) is 49.4 Å². The summed E-state index contributed by atoms with van der Waals surface area (Å²) in [5.74, 6) is -0.163. The standard InChI is InChI=1S/C18H25N3O2.ClH/c22-16(14-20-17(23)15-4-2-1-3-5-15)21-12-8-18(9-13-21)6-10-19-11-7-18;/h1-5,19H,6-14H2,(H,20,23);1H. The molecule has 2 fully saturated rings. The van der Waals surface area contributed by atoms with Crippen LogP contribution in [0.1, 0.15) is 36.0 Å². The van der Waals surface area contributed by atoms with Gasteiger partial charge in [0, 0.05) is 18.7 Å². The van der Waals surface area contributed by atoms with E-state index in [1.807, 2.05) is 23.1 Å². The van der Waals surface area contributed by atoms with E-state index in [2.05, 4.69) is 10.6 Å². The molecule has 1 aromatic carbocycles. The number of nitrogens with one attached hydrogen (secondary N) is 2. The number of hydrogen-bond donors (Lipinski definition) is 2. The van der Waals surface area contributed by atoms with E-state index in [1.165, 1.54) is 12.8 Å². The minimum absolute atomic E-state index is 0. The van der Waals surface area contributed by atoms with Crippen LogP contribution in [0.25, 0.3) is 0 Å². The molecule has 3 rings (SSSR count). The first kappa shape index (κ1) is 18.7. The predicted octanol–water partition coefficient (Wildman–Crippen LogP) is 1.83. The molecule has 0 saturated carbocycles. The van der Waals surface area contributed by atoms with Gasteiger partial charge in [-0.05, 0) is 56.3 Å². The maximum Gasteiger partial charge on any atom is 0.251 e. The Morgan fingerprint density at radius 2 is 1.67 bits per heavy atom. The molecule has 1 aromatic rings. The molecule has 0 bridgehead atoms. The molecule has 2 amide bonds. The summed E-state index contributed by atoms with van der Waals surface area (Å²) in [7, 11) is 0. The van der Waals surface area contributed by atoms with Crippen LogP contribution < -0.4 is 10.6 Å². The predicted molar refractivity (Wildman–Crippen MR) is 96.4 cm³/mol. The van der Waals surface area contributed by atoms with Gasteiger partial charge in [-0.25, -0.2) is 0 Å². The summed E-state index contributed by atoms with van der Waals surface area (Å²) < 4.78 is 0. The first-order valence-electron chi connectivity index (χ1n) is 8.50. The fourth-order valence-electron chi connectivity index (χ4n) is 3.65. The smallest absolute Gasteiger partial charge is 0.251 e. The lowest BCUT2D eigenvalue weighted by Gasteiger charge is -2.44. The van der Waals surface area contributed by atoms with E-state index in [-0.39, 0.29) is 30.8 Å². The molecule has 2 aliphatic rings. The average molecular weight is 352 g/mol. The van der Waals surface area contributed by atoms with Crippen LogP contribution in [0.4, 0.5) is 0 Å². The molecule has 2 saturated heterocycles. The van der Waals surface area contributed by atoms with Gasteiger partial charge in [-0.15, -0.1) is 12.4 Å². The molecule has 0 atom stereocenters. The molecule has 2 aliphatic heterocycles. The van der Waals surface area contributed by atoms with Crippen LogP contribution in [0.5, 0.6) is 0 Å². The maximum atomic E-state index is 12.3. The zero-order valence-electron chi connectivity index (χ0n) is 13.9. The topological polar surface area (TPSA) is 61.4 Å². The third-order valence-corrected chi connectivity index (χ3v) is 5.28. The fourth-order valence-corrected chi connectivity index (χ4v) is 3.65. The molecule has 1 spiro atoms. The summed E-state index contributed by atoms with van der Waals surface area (Å²) in [5, 5.41) is 6.14. The van der Waals surface area contributed by atoms with Crippen molar-refractivity contribution in [3.63, 3.8) is 0 Å². The van der Waals surface area contributed by atoms with E-state index in [9.17, 15) is 9.59 Å². The molecule has 6 heteroatoms. The molecule has 2 heterocycles. The molecular weight excluding hydrogens is 326 g/mol. The number of nitrogens with zero attached hydrogens (tertiary/aromatic N) is 1. The minimum atomic E-state index is -0.189. The second-order valence-electron chi connectivity index (χ2n) is 6.68. The van der Waals surface area contributed by atoms with Gasteiger partial charge >= 0.3 is 0 Å². The van der Waals surface area contributed by atoms with Gasteiger partial charge in [-0.2, -0.15) is 0 Å². The van der Waals surface area contributed by atoms with Crippen LogP contribution in [-0.2, 0) is 4.79 Å². The Bertz CT molecular complexity index is 549. The van der Waals surface area contributed by atoms with E-state index in [0.717, 1.165) is 39.0 Å². The Kier molecular flexibility index (Phi) is 6.63. The molecular formula is C18H26ClN3O2. The van der Waals surface area contributed by atoms with E-state index in [4.69, 9.17) is 0 Å². The first-order valence-corrected chi connectivity index (χ1v) is 8.50. The highest BCUT2D eigenvalue weighted by molar-refractivity contribution is 5.96. The van der Waals surface area contributed by atoms with Crippen LogP contribution in [0.15, 0.2) is 30.3 Å². The largest absolute Gasteiger partial charge is 0.343 e. The van der Waals surface area contributed by atoms with Gasteiger partial charge in [0.05, 0.1) is 6.54 Å². The van der Waals surface area contributed by atoms with Gasteiger partial charge in [0.25, 0.3) is 5.91 Å². The summed E-state index contributed by atoms with van der Waals surface area (Å²) in [6.07, 6.45) is 4.62. The second-order valence-corrected chi connectivity index (χ2v) is 6.68. The Labute approximate surface area is 149 Å². The lowest BCUT2D eigenvalue weighted by atomic mass is 9.71. The Morgan fingerprint density at radius 1 is 1.04 bits per heavy atom. The number of carbonyl (C=O) groups is 2. The molecule has 5 nitrogen and oxygen atoms in total. The van der Waals surface area contributed by atoms with Gasteiger partial charge in [0.15, 0.2) is 0 Å². The molecule has 132 valence electrons. The number of halogens is 1. The molecule has 0 aliphatic carbocycles. The molecule has 0 aromatic heterocycles. The van der Waals surface area contributed by atoms with Crippen LogP contribution in [0, 0.1) is 5.41 Å². The summed E-state index contributed by atoms with van der Waals surface area (Å²) in [6.45, 7) is 3.92. The van der Waals surface area contributed by atoms with Crippen molar-refractivity contribution in [1.82, 2.24) is 15.5 Å². The van der Waals surface area contributed by atoms with Crippen molar-refractivity contribution in [2.75, 3.05) is 32.7 Å². The number of piperidine rings is 2. The maximum absolute atomic E-state index is 12.3. The number of likely N-dealkylation sites (tertiary alicyclic amines) is 1. The fraction of sp³-hybridized carbons (Fsp3) is 0.556. The lowest BCUT2D eigenvalue weighted by Crippen LogP contribution is -2.49. The summed E-state index contributed by atoms with van der Waals surface area (Å²) in [4.78, 5) is 26.2. The molecule has 0 radical (unpaired) electrons. The zero-order valence-corrected chi connectivity index (χ0v) is 14.7. The summed E-state index contributed by atoms with van der Waals surface area (Å²) >= 11 is 0. The van der Waals surface area contributed by atoms with Crippen molar-refractivity contribution in [2.24, 2.45) is 5.41 Å². The van der Waals surface area contributed by atoms with Crippen molar-refractivity contribution >= 4 is 24.2 Å². The highest BCUT2D eigenvalue weighted by atomic mass is 35.5. The van der Waals surface area contributed by atoms with Gasteiger partial charge < -0.3 is 15.5 Å². The number of amides is 2. The quantitative estimate of drug-likeness (QED) is 0.873. The van der Waals surface area contributed by atoms with Crippen LogP contribution in [0.2, 0.25) is 0 Å². The lowest BCUT2D eigenvalue weighted by molar-refractivity contribution is -0.132. The highest BCUT2D eigenvalue weighted by Crippen LogP contribution is 2.39. The monoisotopic (exact) mass is 351 g/mol. The summed E-state index contributed by atoms with van der Waals surface area (Å²) in [5.41, 5.74) is 1.03. The average Bonchev–Trinajstić information content (AvgIpc) is 2.61. The van der Waals surface area contributed by atoms with E-state index < -0.39 is 0 Å². The number of hydrogen-bond acceptors (Lipinski definition) is 3. The minimum Gasteiger partial charge on any atom is -0.343 e. The normalized spacial score (nSPS) is 19.4. The number of carbonyl (C=O) groups excluding carboxylic acids is 2. The third-order valence-electron chi connectivity index (χ3n) is 5.28. The van der Waals surface area contributed by atoms with E-state index in [0.29, 0.717) is 11.0 Å². The van der Waals surface area contributed by atoms with Crippen molar-refractivity contribution in [3.05, 3.63) is 35.9 Å². The highest BCUT2D eigenvalue weighted by Gasteiger charge is 2.36. The zero-order chi connectivity index (χ0) is 16.1. The van der Waals surface area contributed by atoms with Gasteiger partial charge in [0.1, 0.15) is 0 Å². The van der Waals surface area contributed by atoms with Gasteiger partial charge in [0.2, 0.25) is 5.91 Å². The van der Waals surface area contributed by atoms with Crippen molar-refractivity contribution < 1.29 is 9.59 Å². The van der Waals surface area contributed by atoms with E-state index >= 15 is 0 Å². The van der Waals surface area contributed by atoms with Gasteiger partial charge in [-0.3, -0.25) is 9.59 Å². The van der Waals surface area contributed by atoms with Gasteiger partial charge in [-0.1, -0.05) is 18.2 Å². The van der Waals surface area contributed by atoms with Crippen molar-refractivity contribution in [3.8, 4) is 0 Å². The summed E-state index contributed by atoms with van der Waals surface area (Å²) in [6, 6.07) is 9.01. The van der Waals surface area contributed by atoms with Crippen molar-refractivity contribution in [1.29, 1.82) is 0 Å². The van der Waals surface area contributed by atoms with Crippen LogP contribution in [0.3, 0.4) is 0 Å².